The Morgan fingerprint density at radius 2 is 2.23 bits per heavy atom. The molecule has 0 saturated heterocycles. The van der Waals surface area contributed by atoms with E-state index in [1.807, 2.05) is 19.1 Å². The van der Waals surface area contributed by atoms with Crippen LogP contribution in [0.2, 0.25) is 0 Å². The number of aliphatic hydroxyl groups excluding tert-OH is 1. The fraction of sp³-hybridized carbons (Fsp3) is 0.364. The molecule has 0 aliphatic heterocycles. The number of rotatable bonds is 3. The van der Waals surface area contributed by atoms with Gasteiger partial charge >= 0.3 is 0 Å². The highest BCUT2D eigenvalue weighted by Crippen LogP contribution is 2.12. The molecule has 70 valence electrons. The molecule has 13 heavy (non-hydrogen) atoms. The molecule has 0 radical (unpaired) electrons. The lowest BCUT2D eigenvalue weighted by molar-refractivity contribution is 0.112. The molecule has 0 aliphatic rings. The average molecular weight is 178 g/mol. The smallest absolute Gasteiger partial charge is 0.150 e. The van der Waals surface area contributed by atoms with Crippen LogP contribution in [0.15, 0.2) is 18.2 Å². The van der Waals surface area contributed by atoms with E-state index in [-0.39, 0.29) is 0 Å². The van der Waals surface area contributed by atoms with Gasteiger partial charge in [-0.05, 0) is 25.8 Å². The zero-order valence-electron chi connectivity index (χ0n) is 7.95. The van der Waals surface area contributed by atoms with Crippen LogP contribution in [-0.2, 0) is 6.42 Å². The van der Waals surface area contributed by atoms with Crippen LogP contribution in [0.5, 0.6) is 0 Å². The largest absolute Gasteiger partial charge is 0.393 e. The zero-order chi connectivity index (χ0) is 9.84. The minimum atomic E-state index is -0.402. The number of aryl methyl sites for hydroxylation is 1. The minimum Gasteiger partial charge on any atom is -0.393 e. The second kappa shape index (κ2) is 4.19. The van der Waals surface area contributed by atoms with Gasteiger partial charge in [-0.1, -0.05) is 23.8 Å². The fourth-order valence-corrected chi connectivity index (χ4v) is 1.34. The predicted molar refractivity (Wildman–Crippen MR) is 52.0 cm³/mol. The summed E-state index contributed by atoms with van der Waals surface area (Å²) in [5.74, 6) is 0. The SMILES string of the molecule is Cc1ccc(C=O)c(CC(C)O)c1. The van der Waals surface area contributed by atoms with Crippen molar-refractivity contribution in [3.8, 4) is 0 Å². The van der Waals surface area contributed by atoms with Crippen molar-refractivity contribution in [3.05, 3.63) is 34.9 Å². The van der Waals surface area contributed by atoms with Gasteiger partial charge in [0.05, 0.1) is 6.10 Å². The third kappa shape index (κ3) is 2.67. The minimum absolute atomic E-state index is 0.402. The number of aliphatic hydroxyl groups is 1. The first-order valence-electron chi connectivity index (χ1n) is 4.36. The maximum Gasteiger partial charge on any atom is 0.150 e. The molecule has 1 atom stereocenters. The number of carbonyl (C=O) groups excluding carboxylic acids is 1. The molecule has 1 aromatic rings. The Bertz CT molecular complexity index is 303. The maximum atomic E-state index is 10.6. The predicted octanol–water partition coefficient (Wildman–Crippen LogP) is 1.73. The molecule has 1 N–H and O–H groups in total. The van der Waals surface area contributed by atoms with Crippen molar-refractivity contribution in [2.24, 2.45) is 0 Å². The van der Waals surface area contributed by atoms with Crippen LogP contribution in [0.4, 0.5) is 0 Å². The van der Waals surface area contributed by atoms with Gasteiger partial charge in [-0.2, -0.15) is 0 Å². The highest BCUT2D eigenvalue weighted by molar-refractivity contribution is 5.77. The number of hydrogen-bond acceptors (Lipinski definition) is 2. The normalized spacial score (nSPS) is 12.5. The number of carbonyl (C=O) groups is 1. The second-order valence-electron chi connectivity index (χ2n) is 3.37. The van der Waals surface area contributed by atoms with E-state index in [9.17, 15) is 9.90 Å². The monoisotopic (exact) mass is 178 g/mol. The van der Waals surface area contributed by atoms with Crippen molar-refractivity contribution >= 4 is 6.29 Å². The Hall–Kier alpha value is -1.15. The highest BCUT2D eigenvalue weighted by atomic mass is 16.3. The third-order valence-corrected chi connectivity index (χ3v) is 1.94. The first kappa shape index (κ1) is 9.93. The lowest BCUT2D eigenvalue weighted by atomic mass is 10.0. The molecule has 0 spiro atoms. The molecule has 0 aromatic heterocycles. The van der Waals surface area contributed by atoms with Crippen LogP contribution in [0.3, 0.4) is 0 Å². The first-order valence-corrected chi connectivity index (χ1v) is 4.36. The van der Waals surface area contributed by atoms with E-state index < -0.39 is 6.10 Å². The summed E-state index contributed by atoms with van der Waals surface area (Å²) < 4.78 is 0. The number of benzene rings is 1. The quantitative estimate of drug-likeness (QED) is 0.716. The molecular formula is C11H14O2. The number of aldehydes is 1. The molecular weight excluding hydrogens is 164 g/mol. The molecule has 0 bridgehead atoms. The van der Waals surface area contributed by atoms with Crippen LogP contribution in [0.25, 0.3) is 0 Å². The van der Waals surface area contributed by atoms with Crippen molar-refractivity contribution in [2.75, 3.05) is 0 Å². The van der Waals surface area contributed by atoms with Crippen molar-refractivity contribution in [1.29, 1.82) is 0 Å². The fourth-order valence-electron chi connectivity index (χ4n) is 1.34. The van der Waals surface area contributed by atoms with Crippen molar-refractivity contribution < 1.29 is 9.90 Å². The summed E-state index contributed by atoms with van der Waals surface area (Å²) in [5.41, 5.74) is 2.71. The standard InChI is InChI=1S/C11H14O2/c1-8-3-4-10(7-12)11(5-8)6-9(2)13/h3-5,7,9,13H,6H2,1-2H3. The topological polar surface area (TPSA) is 37.3 Å². The van der Waals surface area contributed by atoms with E-state index in [4.69, 9.17) is 0 Å². The summed E-state index contributed by atoms with van der Waals surface area (Å²) in [6.45, 7) is 3.69. The Labute approximate surface area is 78.2 Å². The van der Waals surface area contributed by atoms with Crippen LogP contribution in [-0.4, -0.2) is 17.5 Å². The van der Waals surface area contributed by atoms with Gasteiger partial charge in [-0.25, -0.2) is 0 Å². The van der Waals surface area contributed by atoms with E-state index in [1.165, 1.54) is 0 Å². The molecule has 0 heterocycles. The van der Waals surface area contributed by atoms with E-state index in [2.05, 4.69) is 0 Å². The van der Waals surface area contributed by atoms with Crippen LogP contribution in [0, 0.1) is 6.92 Å². The summed E-state index contributed by atoms with van der Waals surface area (Å²) in [6, 6.07) is 5.63. The molecule has 0 aliphatic carbocycles. The Morgan fingerprint density at radius 1 is 1.54 bits per heavy atom. The lowest BCUT2D eigenvalue weighted by Gasteiger charge is -2.07. The van der Waals surface area contributed by atoms with E-state index in [0.29, 0.717) is 12.0 Å². The zero-order valence-corrected chi connectivity index (χ0v) is 7.95. The first-order chi connectivity index (χ1) is 6.13. The van der Waals surface area contributed by atoms with Gasteiger partial charge < -0.3 is 5.11 Å². The van der Waals surface area contributed by atoms with Crippen LogP contribution in [0.1, 0.15) is 28.4 Å². The van der Waals surface area contributed by atoms with Crippen LogP contribution < -0.4 is 0 Å². The molecule has 0 saturated carbocycles. The summed E-state index contributed by atoms with van der Waals surface area (Å²) in [4.78, 5) is 10.6. The summed E-state index contributed by atoms with van der Waals surface area (Å²) in [6.07, 6.45) is 0.966. The number of hydrogen-bond donors (Lipinski definition) is 1. The van der Waals surface area contributed by atoms with E-state index in [0.717, 1.165) is 17.4 Å². The van der Waals surface area contributed by atoms with Gasteiger partial charge in [0.15, 0.2) is 0 Å². The summed E-state index contributed by atoms with van der Waals surface area (Å²) >= 11 is 0. The van der Waals surface area contributed by atoms with E-state index in [1.54, 1.807) is 13.0 Å². The van der Waals surface area contributed by atoms with Gasteiger partial charge in [0, 0.05) is 5.56 Å². The molecule has 0 fully saturated rings. The van der Waals surface area contributed by atoms with Crippen molar-refractivity contribution in [1.82, 2.24) is 0 Å². The molecule has 2 heteroatoms. The van der Waals surface area contributed by atoms with Gasteiger partial charge in [0.25, 0.3) is 0 Å². The molecule has 0 amide bonds. The average Bonchev–Trinajstić information content (AvgIpc) is 2.03. The lowest BCUT2D eigenvalue weighted by Crippen LogP contribution is -2.06. The Morgan fingerprint density at radius 3 is 2.77 bits per heavy atom. The Balaban J connectivity index is 3.01. The summed E-state index contributed by atoms with van der Waals surface area (Å²) in [7, 11) is 0. The van der Waals surface area contributed by atoms with Crippen molar-refractivity contribution in [3.63, 3.8) is 0 Å². The van der Waals surface area contributed by atoms with Gasteiger partial charge in [0.2, 0.25) is 0 Å². The van der Waals surface area contributed by atoms with E-state index >= 15 is 0 Å². The summed E-state index contributed by atoms with van der Waals surface area (Å²) in [5, 5.41) is 9.20. The molecule has 1 aromatic carbocycles. The molecule has 1 rings (SSSR count). The van der Waals surface area contributed by atoms with Crippen molar-refractivity contribution in [2.45, 2.75) is 26.4 Å². The maximum absolute atomic E-state index is 10.6. The molecule has 2 nitrogen and oxygen atoms in total. The third-order valence-electron chi connectivity index (χ3n) is 1.94. The van der Waals surface area contributed by atoms with Gasteiger partial charge in [0.1, 0.15) is 6.29 Å². The van der Waals surface area contributed by atoms with Crippen LogP contribution >= 0.6 is 0 Å². The Kier molecular flexibility index (Phi) is 3.20. The van der Waals surface area contributed by atoms with Gasteiger partial charge in [-0.15, -0.1) is 0 Å². The highest BCUT2D eigenvalue weighted by Gasteiger charge is 2.04. The van der Waals surface area contributed by atoms with Gasteiger partial charge in [-0.3, -0.25) is 4.79 Å². The molecule has 1 unspecified atom stereocenters. The second-order valence-corrected chi connectivity index (χ2v) is 3.37.